The summed E-state index contributed by atoms with van der Waals surface area (Å²) in [6.45, 7) is 0. The van der Waals surface area contributed by atoms with E-state index in [-0.39, 0.29) is 0 Å². The van der Waals surface area contributed by atoms with Crippen molar-refractivity contribution in [2.75, 3.05) is 14.1 Å². The molecule has 7 heavy (non-hydrogen) atoms. The molecule has 1 aliphatic heterocycles. The predicted molar refractivity (Wildman–Crippen MR) is 27.8 cm³/mol. The molecule has 0 unspecified atom stereocenters. The summed E-state index contributed by atoms with van der Waals surface area (Å²) in [4.78, 5) is 0. The zero-order valence-electron chi connectivity index (χ0n) is 4.55. The molecule has 0 bridgehead atoms. The van der Waals surface area contributed by atoms with E-state index in [9.17, 15) is 0 Å². The van der Waals surface area contributed by atoms with Gasteiger partial charge < -0.3 is 0 Å². The fourth-order valence-electron chi connectivity index (χ4n) is 0.515. The van der Waals surface area contributed by atoms with E-state index < -0.39 is 0 Å². The van der Waals surface area contributed by atoms with Crippen LogP contribution in [-0.2, 0) is 0 Å². The molecule has 1 aliphatic rings. The second-order valence-electron chi connectivity index (χ2n) is 1.62. The minimum absolute atomic E-state index is 1.88. The average molecular weight is 99.1 g/mol. The highest BCUT2D eigenvalue weighted by atomic mass is 15.8. The first-order valence-electron chi connectivity index (χ1n) is 2.19. The van der Waals surface area contributed by atoms with Gasteiger partial charge >= 0.3 is 0 Å². The lowest BCUT2D eigenvalue weighted by Gasteiger charge is -2.12. The van der Waals surface area contributed by atoms with E-state index in [4.69, 9.17) is 0 Å². The Morgan fingerprint density at radius 2 is 1.57 bits per heavy atom. The van der Waals surface area contributed by atoms with E-state index in [1.165, 1.54) is 0 Å². The van der Waals surface area contributed by atoms with Gasteiger partial charge in [0.05, 0.1) is 0 Å². The van der Waals surface area contributed by atoms with E-state index in [0.717, 1.165) is 0 Å². The molecule has 0 aromatic carbocycles. The van der Waals surface area contributed by atoms with Gasteiger partial charge in [-0.3, -0.25) is 10.0 Å². The summed E-state index contributed by atoms with van der Waals surface area (Å²) in [6, 6.07) is 0. The molecule has 3 nitrogen and oxygen atoms in total. The fraction of sp³-hybridized carbons (Fsp3) is 0.500. The number of rotatable bonds is 0. The van der Waals surface area contributed by atoms with Crippen molar-refractivity contribution in [1.82, 2.24) is 15.6 Å². The maximum Gasteiger partial charge on any atom is 0.0346 e. The van der Waals surface area contributed by atoms with E-state index in [1.54, 1.807) is 0 Å². The highest BCUT2D eigenvalue weighted by molar-refractivity contribution is 4.81. The van der Waals surface area contributed by atoms with Crippen molar-refractivity contribution in [3.8, 4) is 0 Å². The number of nitrogens with one attached hydrogen (secondary N) is 1. The molecule has 0 fully saturated rings. The molecular formula is C4H9N3. The lowest BCUT2D eigenvalue weighted by molar-refractivity contribution is 0.192. The molecule has 0 saturated carbocycles. The second kappa shape index (κ2) is 1.42. The first kappa shape index (κ1) is 4.46. The Kier molecular flexibility index (Phi) is 0.906. The molecule has 40 valence electrons. The number of nitrogens with zero attached hydrogens (tertiary/aromatic N) is 2. The van der Waals surface area contributed by atoms with Crippen LogP contribution >= 0.6 is 0 Å². The predicted octanol–water partition coefficient (Wildman–Crippen LogP) is -0.246. The van der Waals surface area contributed by atoms with Gasteiger partial charge in [-0.1, -0.05) is 0 Å². The molecule has 0 atom stereocenters. The maximum absolute atomic E-state index is 2.97. The van der Waals surface area contributed by atoms with Gasteiger partial charge in [-0.2, -0.15) is 0 Å². The largest absolute Gasteiger partial charge is 0.300 e. The zero-order valence-corrected chi connectivity index (χ0v) is 4.55. The van der Waals surface area contributed by atoms with Gasteiger partial charge in [0, 0.05) is 26.5 Å². The van der Waals surface area contributed by atoms with Crippen LogP contribution < -0.4 is 5.53 Å². The van der Waals surface area contributed by atoms with Crippen molar-refractivity contribution in [1.29, 1.82) is 0 Å². The van der Waals surface area contributed by atoms with Crippen LogP contribution in [0, 0.1) is 0 Å². The third-order valence-corrected chi connectivity index (χ3v) is 0.829. The van der Waals surface area contributed by atoms with Crippen LogP contribution in [0.1, 0.15) is 0 Å². The summed E-state index contributed by atoms with van der Waals surface area (Å²) in [5.74, 6) is 0. The minimum Gasteiger partial charge on any atom is -0.300 e. The van der Waals surface area contributed by atoms with Crippen LogP contribution in [0.4, 0.5) is 0 Å². The van der Waals surface area contributed by atoms with Gasteiger partial charge in [0.15, 0.2) is 0 Å². The SMILES string of the molecule is CN1C=CN(C)N1. The lowest BCUT2D eigenvalue weighted by atomic mass is 10.9. The molecule has 0 saturated heterocycles. The summed E-state index contributed by atoms with van der Waals surface area (Å²) in [5, 5.41) is 3.75. The van der Waals surface area contributed by atoms with Crippen molar-refractivity contribution < 1.29 is 0 Å². The Hall–Kier alpha value is -0.700. The smallest absolute Gasteiger partial charge is 0.0346 e. The molecular weight excluding hydrogens is 90.1 g/mol. The van der Waals surface area contributed by atoms with E-state index >= 15 is 0 Å². The molecule has 1 N–H and O–H groups in total. The van der Waals surface area contributed by atoms with Crippen molar-refractivity contribution in [3.05, 3.63) is 12.4 Å². The molecule has 1 heterocycles. The van der Waals surface area contributed by atoms with Crippen molar-refractivity contribution in [2.45, 2.75) is 0 Å². The van der Waals surface area contributed by atoms with Crippen LogP contribution in [-0.4, -0.2) is 24.1 Å². The molecule has 0 aromatic heterocycles. The van der Waals surface area contributed by atoms with Gasteiger partial charge in [-0.15, -0.1) is 5.53 Å². The van der Waals surface area contributed by atoms with E-state index in [1.807, 2.05) is 36.5 Å². The van der Waals surface area contributed by atoms with Crippen LogP contribution in [0.3, 0.4) is 0 Å². The number of hydrazine groups is 2. The fourth-order valence-corrected chi connectivity index (χ4v) is 0.515. The third-order valence-electron chi connectivity index (χ3n) is 0.829. The molecule has 0 spiro atoms. The molecule has 0 aliphatic carbocycles. The minimum atomic E-state index is 1.88. The van der Waals surface area contributed by atoms with E-state index in [2.05, 4.69) is 5.53 Å². The molecule has 3 heteroatoms. The summed E-state index contributed by atoms with van der Waals surface area (Å²) < 4.78 is 0. The molecule has 0 aromatic rings. The monoisotopic (exact) mass is 99.1 g/mol. The molecule has 1 rings (SSSR count). The van der Waals surface area contributed by atoms with Crippen LogP contribution in [0.25, 0.3) is 0 Å². The van der Waals surface area contributed by atoms with Gasteiger partial charge in [0.1, 0.15) is 0 Å². The first-order valence-corrected chi connectivity index (χ1v) is 2.19. The summed E-state index contributed by atoms with van der Waals surface area (Å²) in [7, 11) is 3.89. The van der Waals surface area contributed by atoms with Gasteiger partial charge in [0.2, 0.25) is 0 Å². The summed E-state index contributed by atoms with van der Waals surface area (Å²) >= 11 is 0. The highest BCUT2D eigenvalue weighted by Gasteiger charge is 1.97. The normalized spacial score (nSPS) is 19.1. The highest BCUT2D eigenvalue weighted by Crippen LogP contribution is 1.90. The zero-order chi connectivity index (χ0) is 5.28. The average Bonchev–Trinajstić information content (AvgIpc) is 1.87. The van der Waals surface area contributed by atoms with Crippen LogP contribution in [0.5, 0.6) is 0 Å². The Morgan fingerprint density at radius 3 is 1.71 bits per heavy atom. The molecule has 0 radical (unpaired) electrons. The maximum atomic E-state index is 2.97. The summed E-state index contributed by atoms with van der Waals surface area (Å²) in [6.07, 6.45) is 3.89. The first-order chi connectivity index (χ1) is 3.29. The number of hydrogen-bond donors (Lipinski definition) is 1. The summed E-state index contributed by atoms with van der Waals surface area (Å²) in [5.41, 5.74) is 2.97. The van der Waals surface area contributed by atoms with Crippen molar-refractivity contribution in [3.63, 3.8) is 0 Å². The standard InChI is InChI=1S/C4H9N3/c1-6-3-4-7(2)5-6/h3-5H,1-2H3. The Bertz CT molecular complexity index is 78.9. The van der Waals surface area contributed by atoms with E-state index in [0.29, 0.717) is 0 Å². The van der Waals surface area contributed by atoms with Gasteiger partial charge in [-0.25, -0.2) is 0 Å². The topological polar surface area (TPSA) is 18.5 Å². The second-order valence-corrected chi connectivity index (χ2v) is 1.62. The Balaban J connectivity index is 2.42. The van der Waals surface area contributed by atoms with Crippen LogP contribution in [0.15, 0.2) is 12.4 Å². The Morgan fingerprint density at radius 1 is 1.14 bits per heavy atom. The third kappa shape index (κ3) is 0.838. The number of hydrogen-bond acceptors (Lipinski definition) is 3. The van der Waals surface area contributed by atoms with Crippen LogP contribution in [0.2, 0.25) is 0 Å². The quantitative estimate of drug-likeness (QED) is 0.452. The van der Waals surface area contributed by atoms with Gasteiger partial charge in [0.25, 0.3) is 0 Å². The van der Waals surface area contributed by atoms with Gasteiger partial charge in [-0.05, 0) is 0 Å². The van der Waals surface area contributed by atoms with Crippen molar-refractivity contribution in [2.24, 2.45) is 0 Å². The lowest BCUT2D eigenvalue weighted by Crippen LogP contribution is -2.33. The Labute approximate surface area is 43.1 Å². The molecule has 0 amide bonds. The van der Waals surface area contributed by atoms with Crippen molar-refractivity contribution >= 4 is 0 Å².